The van der Waals surface area contributed by atoms with Crippen LogP contribution in [0.25, 0.3) is 0 Å². The first kappa shape index (κ1) is 26.1. The first-order valence-corrected chi connectivity index (χ1v) is 11.0. The second kappa shape index (κ2) is 12.3. The van der Waals surface area contributed by atoms with E-state index < -0.39 is 47.9 Å². The number of hydrogen-bond donors (Lipinski definition) is 8. The molecule has 0 aliphatic rings. The van der Waals surface area contributed by atoms with Gasteiger partial charge in [-0.25, -0.2) is 15.0 Å². The molecule has 0 aliphatic heterocycles. The van der Waals surface area contributed by atoms with E-state index in [-0.39, 0.29) is 19.3 Å². The molecule has 3 aromatic rings. The molecule has 15 nitrogen and oxygen atoms in total. The van der Waals surface area contributed by atoms with Gasteiger partial charge in [-0.3, -0.25) is 19.2 Å². The highest BCUT2D eigenvalue weighted by Crippen LogP contribution is 2.05. The number of nitrogens with zero attached hydrogens (tertiary/aromatic N) is 3. The highest BCUT2D eigenvalue weighted by molar-refractivity contribution is 5.94. The summed E-state index contributed by atoms with van der Waals surface area (Å²) in [6, 6.07) is -4.41. The van der Waals surface area contributed by atoms with Gasteiger partial charge in [0, 0.05) is 54.9 Å². The Kier molecular flexibility index (Phi) is 8.88. The number of imidazole rings is 3. The molecular weight excluding hydrogens is 472 g/mol. The van der Waals surface area contributed by atoms with Gasteiger partial charge in [-0.2, -0.15) is 0 Å². The van der Waals surface area contributed by atoms with Crippen LogP contribution in [0.5, 0.6) is 0 Å². The average molecular weight is 501 g/mol. The molecule has 9 N–H and O–H groups in total. The number of carboxylic acids is 1. The van der Waals surface area contributed by atoms with E-state index in [4.69, 9.17) is 10.8 Å². The molecule has 0 aromatic carbocycles. The first-order chi connectivity index (χ1) is 17.2. The van der Waals surface area contributed by atoms with Gasteiger partial charge in [-0.15, -0.1) is 0 Å². The molecule has 0 fully saturated rings. The normalized spacial score (nSPS) is 14.3. The predicted octanol–water partition coefficient (Wildman–Crippen LogP) is -2.23. The predicted molar refractivity (Wildman–Crippen MR) is 124 cm³/mol. The van der Waals surface area contributed by atoms with E-state index in [1.54, 1.807) is 6.20 Å². The topological polar surface area (TPSA) is 237 Å². The summed E-state index contributed by atoms with van der Waals surface area (Å²) in [6.45, 7) is 1.30. The zero-order valence-electron chi connectivity index (χ0n) is 19.4. The maximum Gasteiger partial charge on any atom is 0.325 e. The SMILES string of the molecule is CC(NC(=O)C(Cc1cnc[nH]1)NC(=O)C(Cc1cnc[nH]1)NC(=O)C(N)Cc1cnc[nH]1)C(=O)O. The van der Waals surface area contributed by atoms with Crippen LogP contribution >= 0.6 is 0 Å². The summed E-state index contributed by atoms with van der Waals surface area (Å²) in [5.41, 5.74) is 7.76. The molecule has 36 heavy (non-hydrogen) atoms. The van der Waals surface area contributed by atoms with Crippen molar-refractivity contribution in [3.63, 3.8) is 0 Å². The third-order valence-electron chi connectivity index (χ3n) is 5.28. The molecule has 192 valence electrons. The largest absolute Gasteiger partial charge is 0.480 e. The van der Waals surface area contributed by atoms with E-state index in [0.29, 0.717) is 17.1 Å². The van der Waals surface area contributed by atoms with Crippen LogP contribution in [0.3, 0.4) is 0 Å². The highest BCUT2D eigenvalue weighted by Gasteiger charge is 2.30. The van der Waals surface area contributed by atoms with Crippen LogP contribution in [-0.2, 0) is 38.4 Å². The Labute approximate surface area is 205 Å². The molecule has 3 heterocycles. The summed E-state index contributed by atoms with van der Waals surface area (Å²) < 4.78 is 0. The summed E-state index contributed by atoms with van der Waals surface area (Å²) in [5.74, 6) is -3.20. The van der Waals surface area contributed by atoms with Crippen LogP contribution in [0.1, 0.15) is 24.0 Å². The summed E-state index contributed by atoms with van der Waals surface area (Å²) in [7, 11) is 0. The van der Waals surface area contributed by atoms with Crippen LogP contribution in [0, 0.1) is 0 Å². The third-order valence-corrected chi connectivity index (χ3v) is 5.28. The second-order valence-electron chi connectivity index (χ2n) is 8.14. The monoisotopic (exact) mass is 500 g/mol. The van der Waals surface area contributed by atoms with Crippen LogP contribution in [0.4, 0.5) is 0 Å². The highest BCUT2D eigenvalue weighted by atomic mass is 16.4. The fourth-order valence-corrected chi connectivity index (χ4v) is 3.30. The van der Waals surface area contributed by atoms with Gasteiger partial charge in [0.25, 0.3) is 0 Å². The van der Waals surface area contributed by atoms with Crippen LogP contribution in [0.2, 0.25) is 0 Å². The number of carbonyl (C=O) groups excluding carboxylic acids is 3. The van der Waals surface area contributed by atoms with Gasteiger partial charge in [0.2, 0.25) is 17.7 Å². The van der Waals surface area contributed by atoms with Crippen molar-refractivity contribution >= 4 is 23.7 Å². The first-order valence-electron chi connectivity index (χ1n) is 11.0. The number of H-pyrrole nitrogens is 3. The van der Waals surface area contributed by atoms with Gasteiger partial charge in [0.05, 0.1) is 25.0 Å². The van der Waals surface area contributed by atoms with Crippen molar-refractivity contribution in [2.45, 2.75) is 50.4 Å². The van der Waals surface area contributed by atoms with Gasteiger partial charge in [0.15, 0.2) is 0 Å². The fraction of sp³-hybridized carbons (Fsp3) is 0.381. The Morgan fingerprint density at radius 1 is 0.778 bits per heavy atom. The molecule has 3 amide bonds. The molecule has 3 aromatic heterocycles. The number of rotatable bonds is 13. The summed E-state index contributed by atoms with van der Waals surface area (Å²) in [6.07, 6.45) is 9.04. The third kappa shape index (κ3) is 7.49. The van der Waals surface area contributed by atoms with Crippen molar-refractivity contribution in [3.05, 3.63) is 54.7 Å². The Hall–Kier alpha value is -4.53. The Morgan fingerprint density at radius 2 is 1.19 bits per heavy atom. The zero-order chi connectivity index (χ0) is 26.1. The van der Waals surface area contributed by atoms with Crippen LogP contribution in [0.15, 0.2) is 37.6 Å². The zero-order valence-corrected chi connectivity index (χ0v) is 19.4. The van der Waals surface area contributed by atoms with E-state index in [0.717, 1.165) is 0 Å². The Balaban J connectivity index is 1.74. The van der Waals surface area contributed by atoms with Crippen molar-refractivity contribution in [3.8, 4) is 0 Å². The van der Waals surface area contributed by atoms with Gasteiger partial charge in [-0.1, -0.05) is 0 Å². The Morgan fingerprint density at radius 3 is 1.61 bits per heavy atom. The lowest BCUT2D eigenvalue weighted by molar-refractivity contribution is -0.141. The van der Waals surface area contributed by atoms with Crippen molar-refractivity contribution in [1.82, 2.24) is 45.9 Å². The molecule has 4 unspecified atom stereocenters. The molecule has 4 atom stereocenters. The van der Waals surface area contributed by atoms with Crippen molar-refractivity contribution < 1.29 is 24.3 Å². The number of aromatic nitrogens is 6. The number of nitrogens with one attached hydrogen (secondary N) is 6. The van der Waals surface area contributed by atoms with E-state index >= 15 is 0 Å². The molecule has 0 spiro atoms. The number of amides is 3. The molecule has 0 saturated carbocycles. The molecule has 0 saturated heterocycles. The van der Waals surface area contributed by atoms with Gasteiger partial charge >= 0.3 is 5.97 Å². The summed E-state index contributed by atoms with van der Waals surface area (Å²) >= 11 is 0. The van der Waals surface area contributed by atoms with E-state index in [9.17, 15) is 19.2 Å². The van der Waals surface area contributed by atoms with Crippen molar-refractivity contribution in [2.75, 3.05) is 0 Å². The number of nitrogens with two attached hydrogens (primary N) is 1. The molecule has 0 radical (unpaired) electrons. The average Bonchev–Trinajstić information content (AvgIpc) is 3.62. The molecule has 0 aliphatic carbocycles. The number of aliphatic carboxylic acids is 1. The number of aromatic amines is 3. The van der Waals surface area contributed by atoms with Gasteiger partial charge in [0.1, 0.15) is 18.1 Å². The van der Waals surface area contributed by atoms with Crippen LogP contribution < -0.4 is 21.7 Å². The van der Waals surface area contributed by atoms with Crippen LogP contribution in [-0.4, -0.2) is 82.9 Å². The van der Waals surface area contributed by atoms with E-state index in [1.165, 1.54) is 38.3 Å². The van der Waals surface area contributed by atoms with Crippen molar-refractivity contribution in [2.24, 2.45) is 5.73 Å². The fourth-order valence-electron chi connectivity index (χ4n) is 3.30. The van der Waals surface area contributed by atoms with Gasteiger partial charge in [-0.05, 0) is 6.92 Å². The van der Waals surface area contributed by atoms with E-state index in [1.807, 2.05) is 0 Å². The quantitative estimate of drug-likeness (QED) is 0.126. The van der Waals surface area contributed by atoms with Crippen molar-refractivity contribution in [1.29, 1.82) is 0 Å². The molecule has 15 heteroatoms. The number of carbonyl (C=O) groups is 4. The lowest BCUT2D eigenvalue weighted by Crippen LogP contribution is -2.58. The molecular formula is C21H28N10O5. The summed E-state index contributed by atoms with van der Waals surface area (Å²) in [5, 5.41) is 16.7. The number of hydrogen-bond acceptors (Lipinski definition) is 8. The lowest BCUT2D eigenvalue weighted by Gasteiger charge is -2.24. The minimum absolute atomic E-state index is 0.00791. The number of carboxylic acid groups (broad SMARTS) is 1. The van der Waals surface area contributed by atoms with E-state index in [2.05, 4.69) is 45.9 Å². The standard InChI is InChI=1S/C21H28N10O5/c1-11(21(35)36)29-19(33)16(3-13-6-24-9-27-13)31-20(34)17(4-14-7-25-10-28-14)30-18(32)15(22)2-12-5-23-8-26-12/h5-11,15-17H,2-4,22H2,1H3,(H,23,26)(H,24,27)(H,25,28)(H,29,33)(H,30,32)(H,31,34)(H,35,36). The summed E-state index contributed by atoms with van der Waals surface area (Å²) in [4.78, 5) is 70.3. The second-order valence-corrected chi connectivity index (χ2v) is 8.14. The molecule has 0 bridgehead atoms. The maximum absolute atomic E-state index is 13.3. The Bertz CT molecular complexity index is 1130. The van der Waals surface area contributed by atoms with Gasteiger partial charge < -0.3 is 41.7 Å². The molecule has 3 rings (SSSR count). The smallest absolute Gasteiger partial charge is 0.325 e. The lowest BCUT2D eigenvalue weighted by atomic mass is 10.1. The maximum atomic E-state index is 13.3. The minimum atomic E-state index is -1.23. The minimum Gasteiger partial charge on any atom is -0.480 e.